The van der Waals surface area contributed by atoms with Gasteiger partial charge in [0.1, 0.15) is 5.82 Å². The van der Waals surface area contributed by atoms with Crippen LogP contribution >= 0.6 is 0 Å². The Labute approximate surface area is 117 Å². The number of aliphatic hydroxyl groups is 1. The van der Waals surface area contributed by atoms with Gasteiger partial charge in [0.25, 0.3) is 0 Å². The van der Waals surface area contributed by atoms with Crippen LogP contribution in [0, 0.1) is 5.82 Å². The Morgan fingerprint density at radius 2 is 1.75 bits per heavy atom. The van der Waals surface area contributed by atoms with Crippen molar-refractivity contribution in [2.45, 2.75) is 27.2 Å². The highest BCUT2D eigenvalue weighted by molar-refractivity contribution is 5.95. The van der Waals surface area contributed by atoms with Gasteiger partial charge in [-0.15, -0.1) is 0 Å². The Hall–Kier alpha value is -2.30. The van der Waals surface area contributed by atoms with E-state index >= 15 is 0 Å². The van der Waals surface area contributed by atoms with Crippen LogP contribution in [0.5, 0.6) is 0 Å². The van der Waals surface area contributed by atoms with Crippen molar-refractivity contribution in [2.75, 3.05) is 0 Å². The summed E-state index contributed by atoms with van der Waals surface area (Å²) in [5.74, 6) is -1.61. The number of nitrogens with one attached hydrogen (secondary N) is 1. The molecule has 0 fully saturated rings. The lowest BCUT2D eigenvalue weighted by Gasteiger charge is -2.14. The predicted octanol–water partition coefficient (Wildman–Crippen LogP) is 3.43. The maximum absolute atomic E-state index is 12.9. The zero-order chi connectivity index (χ0) is 15.3. The summed E-state index contributed by atoms with van der Waals surface area (Å²) in [5.41, 5.74) is 1.46. The number of hydrogen-bond donors (Lipinski definition) is 3. The molecule has 0 heterocycles. The summed E-state index contributed by atoms with van der Waals surface area (Å²) < 4.78 is 12.9. The van der Waals surface area contributed by atoms with E-state index in [0.29, 0.717) is 17.6 Å². The molecule has 108 valence electrons. The van der Waals surface area contributed by atoms with E-state index in [1.165, 1.54) is 31.2 Å². The van der Waals surface area contributed by atoms with Crippen LogP contribution in [0.4, 0.5) is 4.39 Å². The summed E-state index contributed by atoms with van der Waals surface area (Å²) in [4.78, 5) is 11.1. The van der Waals surface area contributed by atoms with E-state index in [9.17, 15) is 14.3 Å². The van der Waals surface area contributed by atoms with Gasteiger partial charge in [0.05, 0.1) is 11.3 Å². The van der Waals surface area contributed by atoms with Crippen LogP contribution in [0.25, 0.3) is 5.70 Å². The zero-order valence-electron chi connectivity index (χ0n) is 11.7. The van der Waals surface area contributed by atoms with E-state index in [1.54, 1.807) is 6.92 Å². The molecular formula is C15H18FNO3. The van der Waals surface area contributed by atoms with Gasteiger partial charge in [-0.3, -0.25) is 0 Å². The van der Waals surface area contributed by atoms with Crippen molar-refractivity contribution in [1.82, 2.24) is 5.32 Å². The van der Waals surface area contributed by atoms with Gasteiger partial charge in [-0.1, -0.05) is 6.92 Å². The number of carboxylic acids is 1. The average Bonchev–Trinajstić information content (AvgIpc) is 2.43. The normalized spacial score (nSPS) is 13.4. The standard InChI is InChI=1S/C15H18FNO3/c1-4-9(2)14(18)17-13(10(3)15(19)20)11-5-7-12(16)8-6-11/h5-8,17-18H,4H2,1-3H3,(H,19,20)/b13-10+,14-9-. The van der Waals surface area contributed by atoms with Crippen LogP contribution < -0.4 is 5.32 Å². The first kappa shape index (κ1) is 15.8. The van der Waals surface area contributed by atoms with Gasteiger partial charge in [-0.05, 0) is 55.7 Å². The molecule has 0 aliphatic heterocycles. The number of benzene rings is 1. The molecule has 0 atom stereocenters. The zero-order valence-corrected chi connectivity index (χ0v) is 11.7. The molecular weight excluding hydrogens is 261 g/mol. The maximum Gasteiger partial charge on any atom is 0.333 e. The second-order valence-corrected chi connectivity index (χ2v) is 4.42. The first-order valence-corrected chi connectivity index (χ1v) is 6.22. The van der Waals surface area contributed by atoms with Crippen LogP contribution in [0.1, 0.15) is 32.8 Å². The van der Waals surface area contributed by atoms with Gasteiger partial charge in [-0.2, -0.15) is 0 Å². The summed E-state index contributed by atoms with van der Waals surface area (Å²) in [5, 5.41) is 21.7. The SMILES string of the molecule is CC/C(C)=C(\O)N/C(=C(\C)C(=O)O)c1ccc(F)cc1. The summed E-state index contributed by atoms with van der Waals surface area (Å²) >= 11 is 0. The summed E-state index contributed by atoms with van der Waals surface area (Å²) in [7, 11) is 0. The molecule has 0 bridgehead atoms. The molecule has 4 nitrogen and oxygen atoms in total. The Morgan fingerprint density at radius 1 is 1.20 bits per heavy atom. The van der Waals surface area contributed by atoms with Gasteiger partial charge in [-0.25, -0.2) is 9.18 Å². The number of allylic oxidation sites excluding steroid dienone is 1. The maximum atomic E-state index is 12.9. The molecule has 0 radical (unpaired) electrons. The van der Waals surface area contributed by atoms with E-state index in [-0.39, 0.29) is 17.2 Å². The molecule has 1 rings (SSSR count). The second-order valence-electron chi connectivity index (χ2n) is 4.42. The number of hydrogen-bond acceptors (Lipinski definition) is 3. The molecule has 3 N–H and O–H groups in total. The van der Waals surface area contributed by atoms with Crippen LogP contribution in [-0.4, -0.2) is 16.2 Å². The van der Waals surface area contributed by atoms with Gasteiger partial charge in [0, 0.05) is 0 Å². The third kappa shape index (κ3) is 3.85. The first-order chi connectivity index (χ1) is 9.36. The van der Waals surface area contributed by atoms with Crippen molar-refractivity contribution in [3.63, 3.8) is 0 Å². The van der Waals surface area contributed by atoms with Crippen LogP contribution in [-0.2, 0) is 4.79 Å². The van der Waals surface area contributed by atoms with Crippen molar-refractivity contribution >= 4 is 11.7 Å². The summed E-state index contributed by atoms with van der Waals surface area (Å²) in [6, 6.07) is 5.39. The van der Waals surface area contributed by atoms with Crippen LogP contribution in [0.2, 0.25) is 0 Å². The van der Waals surface area contributed by atoms with Crippen molar-refractivity contribution in [3.8, 4) is 0 Å². The van der Waals surface area contributed by atoms with Crippen molar-refractivity contribution in [3.05, 3.63) is 52.7 Å². The molecule has 20 heavy (non-hydrogen) atoms. The Bertz CT molecular complexity index is 559. The van der Waals surface area contributed by atoms with E-state index in [0.717, 1.165) is 0 Å². The third-order valence-electron chi connectivity index (χ3n) is 3.01. The fraction of sp³-hybridized carbons (Fsp3) is 0.267. The highest BCUT2D eigenvalue weighted by atomic mass is 19.1. The van der Waals surface area contributed by atoms with E-state index in [2.05, 4.69) is 5.32 Å². The average molecular weight is 279 g/mol. The lowest BCUT2D eigenvalue weighted by Crippen LogP contribution is -2.17. The highest BCUT2D eigenvalue weighted by Crippen LogP contribution is 2.19. The number of halogens is 1. The van der Waals surface area contributed by atoms with Crippen LogP contribution in [0.15, 0.2) is 41.3 Å². The van der Waals surface area contributed by atoms with Crippen molar-refractivity contribution in [2.24, 2.45) is 0 Å². The highest BCUT2D eigenvalue weighted by Gasteiger charge is 2.13. The Kier molecular flexibility index (Phi) is 5.32. The molecule has 0 unspecified atom stereocenters. The van der Waals surface area contributed by atoms with E-state index in [1.807, 2.05) is 6.92 Å². The molecule has 0 aliphatic rings. The van der Waals surface area contributed by atoms with E-state index in [4.69, 9.17) is 5.11 Å². The summed E-state index contributed by atoms with van der Waals surface area (Å²) in [6.45, 7) is 5.03. The monoisotopic (exact) mass is 279 g/mol. The molecule has 1 aromatic rings. The number of carbonyl (C=O) groups is 1. The lowest BCUT2D eigenvalue weighted by molar-refractivity contribution is -0.132. The van der Waals surface area contributed by atoms with Gasteiger partial charge in [0.2, 0.25) is 0 Å². The smallest absolute Gasteiger partial charge is 0.333 e. The van der Waals surface area contributed by atoms with Crippen molar-refractivity contribution in [1.29, 1.82) is 0 Å². The Morgan fingerprint density at radius 3 is 2.20 bits per heavy atom. The largest absolute Gasteiger partial charge is 0.495 e. The molecule has 0 spiro atoms. The van der Waals surface area contributed by atoms with Gasteiger partial charge >= 0.3 is 5.97 Å². The molecule has 0 aromatic heterocycles. The van der Waals surface area contributed by atoms with Gasteiger partial charge < -0.3 is 15.5 Å². The van der Waals surface area contributed by atoms with E-state index < -0.39 is 11.8 Å². The predicted molar refractivity (Wildman–Crippen MR) is 75.4 cm³/mol. The topological polar surface area (TPSA) is 69.6 Å². The molecule has 1 aromatic carbocycles. The molecule has 0 saturated heterocycles. The fourth-order valence-corrected chi connectivity index (χ4v) is 1.50. The number of rotatable bonds is 5. The molecule has 0 amide bonds. The minimum atomic E-state index is -1.11. The van der Waals surface area contributed by atoms with Gasteiger partial charge in [0.15, 0.2) is 5.88 Å². The van der Waals surface area contributed by atoms with Crippen molar-refractivity contribution < 1.29 is 19.4 Å². The quantitative estimate of drug-likeness (QED) is 0.570. The minimum absolute atomic E-state index is 0.0343. The molecule has 5 heteroatoms. The number of carboxylic acid groups (broad SMARTS) is 1. The molecule has 0 aliphatic carbocycles. The van der Waals surface area contributed by atoms with Crippen LogP contribution in [0.3, 0.4) is 0 Å². The summed E-state index contributed by atoms with van der Waals surface area (Å²) in [6.07, 6.45) is 0.627. The lowest BCUT2D eigenvalue weighted by atomic mass is 10.1. The molecule has 0 saturated carbocycles. The first-order valence-electron chi connectivity index (χ1n) is 6.22. The fourth-order valence-electron chi connectivity index (χ4n) is 1.50. The number of aliphatic hydroxyl groups excluding tert-OH is 1. The minimum Gasteiger partial charge on any atom is -0.495 e. The number of aliphatic carboxylic acids is 1. The second kappa shape index (κ2) is 6.75. The Balaban J connectivity index is 3.28. The third-order valence-corrected chi connectivity index (χ3v) is 3.01.